The Labute approximate surface area is 137 Å². The number of nitrogens with zero attached hydrogens (tertiary/aromatic N) is 3. The van der Waals surface area contributed by atoms with Crippen LogP contribution in [0.5, 0.6) is 0 Å². The molecule has 0 aromatic carbocycles. The number of sulfone groups is 1. The number of rotatable bonds is 3. The first-order valence-electron chi connectivity index (χ1n) is 8.08. The third kappa shape index (κ3) is 3.26. The third-order valence-corrected chi connectivity index (χ3v) is 6.38. The van der Waals surface area contributed by atoms with Gasteiger partial charge in [0.05, 0.1) is 23.1 Å². The Kier molecular flexibility index (Phi) is 4.42. The summed E-state index contributed by atoms with van der Waals surface area (Å²) in [5.41, 5.74) is 1.47. The van der Waals surface area contributed by atoms with Crippen LogP contribution in [-0.2, 0) is 9.84 Å². The first kappa shape index (κ1) is 16.4. The number of hydrogen-bond donors (Lipinski definition) is 0. The molecule has 3 heterocycles. The van der Waals surface area contributed by atoms with E-state index in [9.17, 15) is 13.2 Å². The van der Waals surface area contributed by atoms with Crippen LogP contribution in [0.3, 0.4) is 0 Å². The number of carbonyl (C=O) groups excluding carboxylic acids is 1. The molecule has 2 fully saturated rings. The van der Waals surface area contributed by atoms with Gasteiger partial charge >= 0.3 is 0 Å². The number of amides is 1. The van der Waals surface area contributed by atoms with Crippen LogP contribution in [0.4, 0.5) is 0 Å². The Bertz CT molecular complexity index is 704. The van der Waals surface area contributed by atoms with Gasteiger partial charge in [-0.2, -0.15) is 0 Å². The molecule has 0 radical (unpaired) electrons. The quantitative estimate of drug-likeness (QED) is 0.813. The molecule has 0 unspecified atom stereocenters. The number of aryl methyl sites for hydroxylation is 1. The molecule has 1 amide bonds. The molecule has 1 aromatic rings. The summed E-state index contributed by atoms with van der Waals surface area (Å²) < 4.78 is 24.3. The fourth-order valence-electron chi connectivity index (χ4n) is 3.68. The second kappa shape index (κ2) is 6.20. The summed E-state index contributed by atoms with van der Waals surface area (Å²) in [6, 6.07) is 1.50. The smallest absolute Gasteiger partial charge is 0.255 e. The van der Waals surface area contributed by atoms with Crippen LogP contribution in [0.15, 0.2) is 18.5 Å². The van der Waals surface area contributed by atoms with Crippen molar-refractivity contribution in [3.8, 4) is 0 Å². The van der Waals surface area contributed by atoms with E-state index >= 15 is 0 Å². The van der Waals surface area contributed by atoms with E-state index < -0.39 is 9.84 Å². The topological polar surface area (TPSA) is 70.6 Å². The Morgan fingerprint density at radius 3 is 2.70 bits per heavy atom. The van der Waals surface area contributed by atoms with E-state index in [1.54, 1.807) is 17.3 Å². The Morgan fingerprint density at radius 2 is 2.00 bits per heavy atom. The summed E-state index contributed by atoms with van der Waals surface area (Å²) in [5.74, 6) is 0.126. The molecule has 3 rings (SSSR count). The van der Waals surface area contributed by atoms with E-state index in [0.29, 0.717) is 12.1 Å². The van der Waals surface area contributed by atoms with Crippen molar-refractivity contribution in [1.29, 1.82) is 0 Å². The van der Waals surface area contributed by atoms with Crippen LogP contribution in [0.2, 0.25) is 0 Å². The molecule has 2 aliphatic rings. The molecule has 1 aromatic heterocycles. The monoisotopic (exact) mass is 337 g/mol. The van der Waals surface area contributed by atoms with Gasteiger partial charge in [-0.1, -0.05) is 6.92 Å². The molecule has 23 heavy (non-hydrogen) atoms. The molecule has 0 spiro atoms. The van der Waals surface area contributed by atoms with Crippen LogP contribution >= 0.6 is 0 Å². The van der Waals surface area contributed by atoms with E-state index in [1.165, 1.54) is 0 Å². The number of piperazine rings is 1. The molecule has 0 aliphatic carbocycles. The van der Waals surface area contributed by atoms with Crippen molar-refractivity contribution in [2.45, 2.75) is 32.4 Å². The summed E-state index contributed by atoms with van der Waals surface area (Å²) in [4.78, 5) is 20.9. The van der Waals surface area contributed by atoms with Gasteiger partial charge < -0.3 is 4.90 Å². The van der Waals surface area contributed by atoms with Gasteiger partial charge in [0.25, 0.3) is 5.91 Å². The van der Waals surface area contributed by atoms with Gasteiger partial charge in [-0.25, -0.2) is 8.42 Å². The van der Waals surface area contributed by atoms with E-state index in [1.807, 2.05) is 13.0 Å². The minimum Gasteiger partial charge on any atom is -0.332 e. The third-order valence-electron chi connectivity index (χ3n) is 4.68. The van der Waals surface area contributed by atoms with Crippen molar-refractivity contribution in [2.75, 3.05) is 31.1 Å². The minimum absolute atomic E-state index is 0.0723. The first-order valence-corrected chi connectivity index (χ1v) is 9.90. The maximum Gasteiger partial charge on any atom is 0.255 e. The van der Waals surface area contributed by atoms with Crippen LogP contribution in [-0.4, -0.2) is 72.3 Å². The van der Waals surface area contributed by atoms with Crippen molar-refractivity contribution in [3.63, 3.8) is 0 Å². The molecule has 7 heteroatoms. The zero-order valence-corrected chi connectivity index (χ0v) is 14.4. The highest BCUT2D eigenvalue weighted by Gasteiger charge is 2.47. The maximum absolute atomic E-state index is 12.8. The highest BCUT2D eigenvalue weighted by atomic mass is 32.2. The van der Waals surface area contributed by atoms with Gasteiger partial charge in [0.2, 0.25) is 0 Å². The van der Waals surface area contributed by atoms with Crippen molar-refractivity contribution < 1.29 is 13.2 Å². The predicted octanol–water partition coefficient (Wildman–Crippen LogP) is 0.723. The van der Waals surface area contributed by atoms with Gasteiger partial charge in [-0.15, -0.1) is 0 Å². The van der Waals surface area contributed by atoms with E-state index in [4.69, 9.17) is 0 Å². The number of hydrogen-bond acceptors (Lipinski definition) is 5. The lowest BCUT2D eigenvalue weighted by Gasteiger charge is -2.43. The van der Waals surface area contributed by atoms with Gasteiger partial charge in [0.1, 0.15) is 0 Å². The van der Waals surface area contributed by atoms with Gasteiger partial charge in [-0.05, 0) is 31.5 Å². The van der Waals surface area contributed by atoms with Crippen LogP contribution < -0.4 is 0 Å². The second-order valence-electron chi connectivity index (χ2n) is 6.50. The molecule has 0 saturated carbocycles. The molecule has 0 N–H and O–H groups in total. The molecular formula is C16H23N3O3S. The average molecular weight is 337 g/mol. The predicted molar refractivity (Wildman–Crippen MR) is 88.1 cm³/mol. The van der Waals surface area contributed by atoms with Gasteiger partial charge in [-0.3, -0.25) is 14.7 Å². The molecule has 0 bridgehead atoms. The van der Waals surface area contributed by atoms with Gasteiger partial charge in [0, 0.05) is 31.5 Å². The Balaban J connectivity index is 1.87. The highest BCUT2D eigenvalue weighted by Crippen LogP contribution is 2.28. The summed E-state index contributed by atoms with van der Waals surface area (Å²) >= 11 is 0. The lowest BCUT2D eigenvalue weighted by atomic mass is 10.0. The molecular weight excluding hydrogens is 314 g/mol. The summed E-state index contributed by atoms with van der Waals surface area (Å²) in [6.07, 6.45) is 4.25. The number of pyridine rings is 1. The Hall–Kier alpha value is -1.47. The average Bonchev–Trinajstić information content (AvgIpc) is 2.82. The molecule has 6 nitrogen and oxygen atoms in total. The second-order valence-corrected chi connectivity index (χ2v) is 8.65. The summed E-state index contributed by atoms with van der Waals surface area (Å²) in [7, 11) is -3.09. The summed E-state index contributed by atoms with van der Waals surface area (Å²) in [5, 5.41) is 0. The fraction of sp³-hybridized carbons (Fsp3) is 0.625. The fourth-order valence-corrected chi connectivity index (χ4v) is 5.69. The lowest BCUT2D eigenvalue weighted by molar-refractivity contribution is 0.0332. The van der Waals surface area contributed by atoms with Gasteiger partial charge in [0.15, 0.2) is 9.84 Å². The van der Waals surface area contributed by atoms with Crippen LogP contribution in [0.25, 0.3) is 0 Å². The van der Waals surface area contributed by atoms with Crippen molar-refractivity contribution in [3.05, 3.63) is 29.6 Å². The van der Waals surface area contributed by atoms with Crippen LogP contribution in [0, 0.1) is 6.92 Å². The largest absolute Gasteiger partial charge is 0.332 e. The SMILES string of the molecule is CCCN1CCN(C(=O)c2cncc(C)c2)[C@H]2CS(=O)(=O)C[C@H]21. The molecule has 2 saturated heterocycles. The van der Waals surface area contributed by atoms with E-state index in [-0.39, 0.29) is 29.5 Å². The van der Waals surface area contributed by atoms with Crippen molar-refractivity contribution >= 4 is 15.7 Å². The van der Waals surface area contributed by atoms with Crippen molar-refractivity contribution in [1.82, 2.24) is 14.8 Å². The highest BCUT2D eigenvalue weighted by molar-refractivity contribution is 7.91. The first-order chi connectivity index (χ1) is 10.9. The number of carbonyl (C=O) groups is 1. The lowest BCUT2D eigenvalue weighted by Crippen LogP contribution is -2.60. The van der Waals surface area contributed by atoms with Crippen LogP contribution in [0.1, 0.15) is 29.3 Å². The zero-order chi connectivity index (χ0) is 16.6. The maximum atomic E-state index is 12.8. The molecule has 2 atom stereocenters. The van der Waals surface area contributed by atoms with E-state index in [0.717, 1.165) is 25.1 Å². The number of aromatic nitrogens is 1. The minimum atomic E-state index is -3.09. The zero-order valence-electron chi connectivity index (χ0n) is 13.6. The van der Waals surface area contributed by atoms with Crippen molar-refractivity contribution in [2.24, 2.45) is 0 Å². The van der Waals surface area contributed by atoms with E-state index in [2.05, 4.69) is 16.8 Å². The molecule has 126 valence electrons. The summed E-state index contributed by atoms with van der Waals surface area (Å²) in [6.45, 7) is 6.17. The molecule has 2 aliphatic heterocycles. The Morgan fingerprint density at radius 1 is 1.26 bits per heavy atom. The normalized spacial score (nSPS) is 27.0. The number of fused-ring (bicyclic) bond motifs is 1. The standard InChI is InChI=1S/C16H23N3O3S/c1-3-4-18-5-6-19(15-11-23(21,22)10-14(15)18)16(20)13-7-12(2)8-17-9-13/h7-9,14-15H,3-6,10-11H2,1-2H3/t14-,15+/m1/s1.